The zero-order chi connectivity index (χ0) is 9.26. The van der Waals surface area contributed by atoms with Crippen molar-refractivity contribution in [3.8, 4) is 11.5 Å². The summed E-state index contributed by atoms with van der Waals surface area (Å²) in [4.78, 5) is 11.7. The molecule has 2 rings (SSSR count). The van der Waals surface area contributed by atoms with Crippen LogP contribution in [0.5, 0.6) is 0 Å². The number of aromatic nitrogens is 3. The van der Waals surface area contributed by atoms with Crippen LogP contribution >= 0.6 is 22.6 Å². The maximum Gasteiger partial charge on any atom is 0.156 e. The lowest BCUT2D eigenvalue weighted by Crippen LogP contribution is -1.87. The van der Waals surface area contributed by atoms with E-state index in [9.17, 15) is 0 Å². The number of aryl methyl sites for hydroxylation is 1. The Morgan fingerprint density at radius 3 is 2.85 bits per heavy atom. The SMILES string of the molecule is Cc1cnc(-c2cccc(I)n2)[nH]1. The molecule has 4 heteroatoms. The fraction of sp³-hybridized carbons (Fsp3) is 0.111. The van der Waals surface area contributed by atoms with Crippen molar-refractivity contribution in [3.63, 3.8) is 0 Å². The zero-order valence-corrected chi connectivity index (χ0v) is 9.24. The van der Waals surface area contributed by atoms with Crippen LogP contribution < -0.4 is 0 Å². The molecule has 2 aromatic rings. The van der Waals surface area contributed by atoms with Gasteiger partial charge in [0.05, 0.1) is 0 Å². The van der Waals surface area contributed by atoms with Gasteiger partial charge in [0.25, 0.3) is 0 Å². The van der Waals surface area contributed by atoms with E-state index < -0.39 is 0 Å². The molecule has 0 bridgehead atoms. The number of imidazole rings is 1. The van der Waals surface area contributed by atoms with Gasteiger partial charge in [-0.3, -0.25) is 0 Å². The van der Waals surface area contributed by atoms with Crippen molar-refractivity contribution in [1.82, 2.24) is 15.0 Å². The molecule has 0 saturated heterocycles. The standard InChI is InChI=1S/C9H8IN3/c1-6-5-11-9(12-6)7-3-2-4-8(10)13-7/h2-5H,1H3,(H,11,12). The topological polar surface area (TPSA) is 41.6 Å². The fourth-order valence-corrected chi connectivity index (χ4v) is 1.55. The summed E-state index contributed by atoms with van der Waals surface area (Å²) in [5.41, 5.74) is 1.94. The monoisotopic (exact) mass is 285 g/mol. The lowest BCUT2D eigenvalue weighted by atomic mass is 10.3. The molecule has 3 nitrogen and oxygen atoms in total. The van der Waals surface area contributed by atoms with Gasteiger partial charge in [0.15, 0.2) is 5.82 Å². The van der Waals surface area contributed by atoms with Crippen LogP contribution in [0.15, 0.2) is 24.4 Å². The quantitative estimate of drug-likeness (QED) is 0.645. The lowest BCUT2D eigenvalue weighted by molar-refractivity contribution is 1.18. The molecule has 13 heavy (non-hydrogen) atoms. The lowest BCUT2D eigenvalue weighted by Gasteiger charge is -1.95. The minimum atomic E-state index is 0.830. The van der Waals surface area contributed by atoms with E-state index in [0.717, 1.165) is 20.9 Å². The molecule has 0 spiro atoms. The van der Waals surface area contributed by atoms with Crippen molar-refractivity contribution in [3.05, 3.63) is 33.8 Å². The van der Waals surface area contributed by atoms with Gasteiger partial charge in [-0.2, -0.15) is 0 Å². The molecule has 2 heterocycles. The van der Waals surface area contributed by atoms with Crippen LogP contribution in [0.3, 0.4) is 0 Å². The molecule has 0 fully saturated rings. The van der Waals surface area contributed by atoms with Crippen molar-refractivity contribution >= 4 is 22.6 Å². The van der Waals surface area contributed by atoms with Gasteiger partial charge >= 0.3 is 0 Å². The average Bonchev–Trinajstić information content (AvgIpc) is 2.52. The van der Waals surface area contributed by atoms with E-state index >= 15 is 0 Å². The van der Waals surface area contributed by atoms with E-state index in [2.05, 4.69) is 37.5 Å². The number of aromatic amines is 1. The second-order valence-electron chi connectivity index (χ2n) is 2.76. The molecule has 0 saturated carbocycles. The van der Waals surface area contributed by atoms with E-state index in [1.54, 1.807) is 6.20 Å². The zero-order valence-electron chi connectivity index (χ0n) is 7.08. The minimum absolute atomic E-state index is 0.830. The highest BCUT2D eigenvalue weighted by Crippen LogP contribution is 2.13. The van der Waals surface area contributed by atoms with Crippen LogP contribution in [0, 0.1) is 10.6 Å². The summed E-state index contributed by atoms with van der Waals surface area (Å²) in [5.74, 6) is 0.830. The van der Waals surface area contributed by atoms with Gasteiger partial charge in [-0.1, -0.05) is 6.07 Å². The van der Waals surface area contributed by atoms with Crippen LogP contribution in [-0.2, 0) is 0 Å². The Balaban J connectivity index is 2.46. The number of H-pyrrole nitrogens is 1. The Kier molecular flexibility index (Phi) is 2.30. The van der Waals surface area contributed by atoms with Gasteiger partial charge in [-0.15, -0.1) is 0 Å². The van der Waals surface area contributed by atoms with Crippen LogP contribution in [0.4, 0.5) is 0 Å². The summed E-state index contributed by atoms with van der Waals surface area (Å²) in [6, 6.07) is 5.88. The minimum Gasteiger partial charge on any atom is -0.341 e. The third-order valence-electron chi connectivity index (χ3n) is 1.66. The first-order chi connectivity index (χ1) is 6.25. The molecule has 0 unspecified atom stereocenters. The molecule has 2 aromatic heterocycles. The predicted octanol–water partition coefficient (Wildman–Crippen LogP) is 2.38. The van der Waals surface area contributed by atoms with Gasteiger partial charge < -0.3 is 4.98 Å². The molecular formula is C9H8IN3. The van der Waals surface area contributed by atoms with E-state index in [1.165, 1.54) is 0 Å². The maximum absolute atomic E-state index is 4.35. The van der Waals surface area contributed by atoms with Crippen molar-refractivity contribution in [1.29, 1.82) is 0 Å². The fourth-order valence-electron chi connectivity index (χ4n) is 1.08. The summed E-state index contributed by atoms with van der Waals surface area (Å²) in [6.07, 6.45) is 1.80. The second kappa shape index (κ2) is 3.45. The number of halogens is 1. The summed E-state index contributed by atoms with van der Waals surface area (Å²) >= 11 is 2.19. The summed E-state index contributed by atoms with van der Waals surface area (Å²) in [6.45, 7) is 1.98. The molecule has 0 aromatic carbocycles. The summed E-state index contributed by atoms with van der Waals surface area (Å²) < 4.78 is 0.976. The highest BCUT2D eigenvalue weighted by molar-refractivity contribution is 14.1. The molecule has 66 valence electrons. The first-order valence-electron chi connectivity index (χ1n) is 3.90. The molecule has 0 aliphatic heterocycles. The van der Waals surface area contributed by atoms with Gasteiger partial charge in [-0.05, 0) is 41.6 Å². The number of pyridine rings is 1. The molecule has 0 radical (unpaired) electrons. The Morgan fingerprint density at radius 1 is 1.38 bits per heavy atom. The molecule has 1 N–H and O–H groups in total. The number of hydrogen-bond acceptors (Lipinski definition) is 2. The van der Waals surface area contributed by atoms with Gasteiger partial charge in [0.2, 0.25) is 0 Å². The number of rotatable bonds is 1. The molecule has 0 aliphatic rings. The maximum atomic E-state index is 4.35. The van der Waals surface area contributed by atoms with E-state index in [0.29, 0.717) is 0 Å². The van der Waals surface area contributed by atoms with Gasteiger partial charge in [0.1, 0.15) is 9.39 Å². The highest BCUT2D eigenvalue weighted by Gasteiger charge is 2.02. The predicted molar refractivity (Wildman–Crippen MR) is 59.3 cm³/mol. The summed E-state index contributed by atoms with van der Waals surface area (Å²) in [7, 11) is 0. The van der Waals surface area contributed by atoms with Crippen molar-refractivity contribution in [2.24, 2.45) is 0 Å². The van der Waals surface area contributed by atoms with Gasteiger partial charge in [-0.25, -0.2) is 9.97 Å². The smallest absolute Gasteiger partial charge is 0.156 e. The number of nitrogens with one attached hydrogen (secondary N) is 1. The van der Waals surface area contributed by atoms with E-state index in [-0.39, 0.29) is 0 Å². The van der Waals surface area contributed by atoms with E-state index in [1.807, 2.05) is 25.1 Å². The molecule has 0 amide bonds. The Labute approximate surface area is 89.8 Å². The molecule has 0 aliphatic carbocycles. The highest BCUT2D eigenvalue weighted by atomic mass is 127. The average molecular weight is 285 g/mol. The molecular weight excluding hydrogens is 277 g/mol. The van der Waals surface area contributed by atoms with Crippen molar-refractivity contribution in [2.75, 3.05) is 0 Å². The van der Waals surface area contributed by atoms with Gasteiger partial charge in [0, 0.05) is 11.9 Å². The van der Waals surface area contributed by atoms with E-state index in [4.69, 9.17) is 0 Å². The first-order valence-corrected chi connectivity index (χ1v) is 4.98. The largest absolute Gasteiger partial charge is 0.341 e. The Bertz CT molecular complexity index is 422. The van der Waals surface area contributed by atoms with Crippen molar-refractivity contribution in [2.45, 2.75) is 6.92 Å². The van der Waals surface area contributed by atoms with Crippen LogP contribution in [0.25, 0.3) is 11.5 Å². The first kappa shape index (κ1) is 8.68. The van der Waals surface area contributed by atoms with Crippen LogP contribution in [0.1, 0.15) is 5.69 Å². The normalized spacial score (nSPS) is 10.3. The number of hydrogen-bond donors (Lipinski definition) is 1. The summed E-state index contributed by atoms with van der Waals surface area (Å²) in [5, 5.41) is 0. The molecule has 0 atom stereocenters. The third kappa shape index (κ3) is 1.88. The van der Waals surface area contributed by atoms with Crippen LogP contribution in [-0.4, -0.2) is 15.0 Å². The number of nitrogens with zero attached hydrogens (tertiary/aromatic N) is 2. The van der Waals surface area contributed by atoms with Crippen LogP contribution in [0.2, 0.25) is 0 Å². The second-order valence-corrected chi connectivity index (χ2v) is 3.87. The van der Waals surface area contributed by atoms with Crippen molar-refractivity contribution < 1.29 is 0 Å². The Hall–Kier alpha value is -0.910. The Morgan fingerprint density at radius 2 is 2.23 bits per heavy atom. The third-order valence-corrected chi connectivity index (χ3v) is 2.26.